The number of H-pyrrole nitrogens is 1. The number of thiophene rings is 1. The molecule has 0 saturated heterocycles. The van der Waals surface area contributed by atoms with Crippen LogP contribution in [0.15, 0.2) is 33.6 Å². The maximum absolute atomic E-state index is 12.9. The molecule has 1 aromatic carbocycles. The number of ether oxygens (including phenoxy) is 1. The van der Waals surface area contributed by atoms with Gasteiger partial charge in [-0.15, -0.1) is 11.3 Å². The smallest absolute Gasteiger partial charge is 0.441 e. The second-order valence-corrected chi connectivity index (χ2v) is 7.45. The lowest BCUT2D eigenvalue weighted by Crippen LogP contribution is -2.42. The summed E-state index contributed by atoms with van der Waals surface area (Å²) in [5.41, 5.74) is 1.03. The Morgan fingerprint density at radius 1 is 1.32 bits per heavy atom. The molecule has 0 atom stereocenters. The number of nitriles is 1. The van der Waals surface area contributed by atoms with Crippen molar-refractivity contribution < 1.29 is 18.7 Å². The summed E-state index contributed by atoms with van der Waals surface area (Å²) in [6.45, 7) is 0. The standard InChI is InChI=1S/C19H16N4O4S/c1-26-12-8-6-11(7-9-12)23-16(19(25)27-22-23)17(24)21-18-14(10-20)13-4-2-3-5-15(13)28-18/h6-9H,2-5H2,1H3,(H-,21,22,24,25)/p+1. The van der Waals surface area contributed by atoms with E-state index in [0.29, 0.717) is 22.0 Å². The van der Waals surface area contributed by atoms with Gasteiger partial charge in [-0.2, -0.15) is 5.26 Å². The average molecular weight is 397 g/mol. The second-order valence-electron chi connectivity index (χ2n) is 6.34. The largest absolute Gasteiger partial charge is 0.497 e. The lowest BCUT2D eigenvalue weighted by atomic mass is 9.96. The molecule has 2 aromatic heterocycles. The van der Waals surface area contributed by atoms with Crippen molar-refractivity contribution in [2.75, 3.05) is 12.4 Å². The number of carbonyl (C=O) groups excluding carboxylic acids is 1. The summed E-state index contributed by atoms with van der Waals surface area (Å²) >= 11 is 1.40. The Kier molecular flexibility index (Phi) is 4.71. The molecule has 2 N–H and O–H groups in total. The van der Waals surface area contributed by atoms with Crippen molar-refractivity contribution in [2.24, 2.45) is 0 Å². The molecule has 1 aliphatic carbocycles. The lowest BCUT2D eigenvalue weighted by Gasteiger charge is -2.09. The van der Waals surface area contributed by atoms with Gasteiger partial charge in [0.1, 0.15) is 16.8 Å². The van der Waals surface area contributed by atoms with Crippen LogP contribution in [0.2, 0.25) is 0 Å². The highest BCUT2D eigenvalue weighted by Gasteiger charge is 2.32. The fourth-order valence-corrected chi connectivity index (χ4v) is 4.55. The third-order valence-electron chi connectivity index (χ3n) is 4.70. The van der Waals surface area contributed by atoms with E-state index in [-0.39, 0.29) is 5.69 Å². The Balaban J connectivity index is 1.68. The molecule has 0 radical (unpaired) electrons. The van der Waals surface area contributed by atoms with E-state index in [1.807, 2.05) is 0 Å². The number of benzene rings is 1. The van der Waals surface area contributed by atoms with E-state index in [1.165, 1.54) is 16.0 Å². The number of hydrogen-bond acceptors (Lipinski definition) is 6. The van der Waals surface area contributed by atoms with Gasteiger partial charge in [0.25, 0.3) is 0 Å². The fourth-order valence-electron chi connectivity index (χ4n) is 3.31. The number of aryl methyl sites for hydroxylation is 1. The zero-order valence-electron chi connectivity index (χ0n) is 15.1. The van der Waals surface area contributed by atoms with Gasteiger partial charge in [0.15, 0.2) is 0 Å². The van der Waals surface area contributed by atoms with Gasteiger partial charge in [0.05, 0.1) is 12.7 Å². The van der Waals surface area contributed by atoms with Gasteiger partial charge >= 0.3 is 17.2 Å². The van der Waals surface area contributed by atoms with E-state index >= 15 is 0 Å². The highest BCUT2D eigenvalue weighted by molar-refractivity contribution is 7.16. The number of nitrogens with zero attached hydrogens (tertiary/aromatic N) is 2. The summed E-state index contributed by atoms with van der Waals surface area (Å²) in [7, 11) is 1.55. The predicted molar refractivity (Wildman–Crippen MR) is 101 cm³/mol. The molecule has 1 aliphatic rings. The first-order valence-electron chi connectivity index (χ1n) is 8.76. The maximum atomic E-state index is 12.9. The number of methoxy groups -OCH3 is 1. The summed E-state index contributed by atoms with van der Waals surface area (Å²) < 4.78 is 11.2. The number of hydrogen-bond donors (Lipinski definition) is 2. The minimum Gasteiger partial charge on any atom is -0.497 e. The van der Waals surface area contributed by atoms with E-state index in [2.05, 4.69) is 16.7 Å². The Hall–Kier alpha value is -3.38. The summed E-state index contributed by atoms with van der Waals surface area (Å²) in [4.78, 5) is 26.1. The molecule has 1 amide bonds. The third kappa shape index (κ3) is 3.08. The molecule has 0 fully saturated rings. The van der Waals surface area contributed by atoms with Crippen LogP contribution in [0.1, 0.15) is 39.3 Å². The van der Waals surface area contributed by atoms with Crippen LogP contribution in [0.5, 0.6) is 5.75 Å². The summed E-state index contributed by atoms with van der Waals surface area (Å²) in [5.74, 6) is 0.00457. The van der Waals surface area contributed by atoms with E-state index < -0.39 is 11.5 Å². The highest BCUT2D eigenvalue weighted by atomic mass is 32.1. The van der Waals surface area contributed by atoms with Gasteiger partial charge in [-0.1, -0.05) is 0 Å². The van der Waals surface area contributed by atoms with Crippen LogP contribution in [-0.4, -0.2) is 18.3 Å². The molecule has 0 aliphatic heterocycles. The second kappa shape index (κ2) is 7.32. The molecule has 0 saturated carbocycles. The van der Waals surface area contributed by atoms with Gasteiger partial charge in [-0.3, -0.25) is 9.32 Å². The number of carbonyl (C=O) groups is 1. The van der Waals surface area contributed by atoms with Gasteiger partial charge in [0.2, 0.25) is 5.69 Å². The highest BCUT2D eigenvalue weighted by Crippen LogP contribution is 2.37. The molecule has 2 heterocycles. The predicted octanol–water partition coefficient (Wildman–Crippen LogP) is 2.32. The monoisotopic (exact) mass is 397 g/mol. The minimum atomic E-state index is -0.798. The maximum Gasteiger partial charge on any atom is 0.441 e. The van der Waals surface area contributed by atoms with E-state index in [4.69, 9.17) is 9.26 Å². The van der Waals surface area contributed by atoms with Gasteiger partial charge in [-0.25, -0.2) is 4.79 Å². The molecule has 28 heavy (non-hydrogen) atoms. The number of amides is 1. The zero-order chi connectivity index (χ0) is 19.7. The van der Waals surface area contributed by atoms with Crippen LogP contribution >= 0.6 is 11.3 Å². The molecule has 3 aromatic rings. The first-order chi connectivity index (χ1) is 13.6. The fraction of sp³-hybridized carbons (Fsp3) is 0.263. The van der Waals surface area contributed by atoms with Crippen molar-refractivity contribution in [1.82, 2.24) is 5.27 Å². The Bertz CT molecular complexity index is 1130. The van der Waals surface area contributed by atoms with Crippen molar-refractivity contribution in [3.63, 3.8) is 0 Å². The molecule has 142 valence electrons. The van der Waals surface area contributed by atoms with Crippen LogP contribution in [0.3, 0.4) is 0 Å². The molecule has 9 heteroatoms. The average Bonchev–Trinajstić information content (AvgIpc) is 3.27. The SMILES string of the molecule is COc1ccc(-[n+]2[nH]oc(=O)c2C(=O)Nc2sc3c(c2C#N)CCCC3)cc1. The summed E-state index contributed by atoms with van der Waals surface area (Å²) in [6, 6.07) is 8.98. The van der Waals surface area contributed by atoms with Gasteiger partial charge in [-0.05, 0) is 53.3 Å². The Labute approximate surface area is 163 Å². The van der Waals surface area contributed by atoms with Crippen LogP contribution in [0, 0.1) is 11.3 Å². The normalized spacial score (nSPS) is 12.9. The van der Waals surface area contributed by atoms with Crippen LogP contribution in [0.4, 0.5) is 5.00 Å². The van der Waals surface area contributed by atoms with E-state index in [9.17, 15) is 14.9 Å². The quantitative estimate of drug-likeness (QED) is 0.656. The van der Waals surface area contributed by atoms with Crippen molar-refractivity contribution >= 4 is 22.2 Å². The van der Waals surface area contributed by atoms with Crippen LogP contribution in [0.25, 0.3) is 5.69 Å². The lowest BCUT2D eigenvalue weighted by molar-refractivity contribution is -0.672. The first-order valence-corrected chi connectivity index (χ1v) is 9.58. The minimum absolute atomic E-state index is 0.208. The Morgan fingerprint density at radius 2 is 2.07 bits per heavy atom. The number of nitrogens with one attached hydrogen (secondary N) is 2. The van der Waals surface area contributed by atoms with Crippen molar-refractivity contribution in [3.05, 3.63) is 56.4 Å². The van der Waals surface area contributed by atoms with Crippen molar-refractivity contribution in [2.45, 2.75) is 25.7 Å². The summed E-state index contributed by atoms with van der Waals surface area (Å²) in [6.07, 6.45) is 3.85. The third-order valence-corrected chi connectivity index (χ3v) is 5.91. The molecule has 4 rings (SSSR count). The van der Waals surface area contributed by atoms with Crippen LogP contribution in [-0.2, 0) is 12.8 Å². The van der Waals surface area contributed by atoms with Gasteiger partial charge < -0.3 is 10.1 Å². The van der Waals surface area contributed by atoms with E-state index in [1.54, 1.807) is 31.4 Å². The number of aromatic amines is 1. The molecule has 0 unspecified atom stereocenters. The number of fused-ring (bicyclic) bond motifs is 1. The molecule has 0 bridgehead atoms. The van der Waals surface area contributed by atoms with Gasteiger partial charge in [0, 0.05) is 17.0 Å². The number of aromatic nitrogens is 2. The molecule has 8 nitrogen and oxygen atoms in total. The number of rotatable bonds is 4. The first kappa shape index (κ1) is 18.0. The molecule has 0 spiro atoms. The number of anilines is 1. The van der Waals surface area contributed by atoms with Crippen molar-refractivity contribution in [1.29, 1.82) is 5.26 Å². The summed E-state index contributed by atoms with van der Waals surface area (Å²) in [5, 5.41) is 15.2. The molecular weight excluding hydrogens is 380 g/mol. The van der Waals surface area contributed by atoms with E-state index in [0.717, 1.165) is 36.1 Å². The Morgan fingerprint density at radius 3 is 2.79 bits per heavy atom. The molecular formula is C19H17N4O4S+. The van der Waals surface area contributed by atoms with Crippen molar-refractivity contribution in [3.8, 4) is 17.5 Å². The zero-order valence-corrected chi connectivity index (χ0v) is 15.9. The van der Waals surface area contributed by atoms with Crippen LogP contribution < -0.4 is 20.4 Å². The topological polar surface area (TPSA) is 112 Å².